The van der Waals surface area contributed by atoms with E-state index in [1.54, 1.807) is 41.0 Å². The molecule has 0 saturated carbocycles. The number of carboxylic acids is 1. The molecule has 0 radical (unpaired) electrons. The molecule has 6 heteroatoms. The number of aromatic nitrogens is 1. The second-order valence-corrected chi connectivity index (χ2v) is 7.37. The Hall–Kier alpha value is -3.31. The van der Waals surface area contributed by atoms with Gasteiger partial charge in [-0.15, -0.1) is 0 Å². The molecule has 29 heavy (non-hydrogen) atoms. The molecule has 0 aliphatic heterocycles. The highest BCUT2D eigenvalue weighted by atomic mass is 35.5. The van der Waals surface area contributed by atoms with E-state index in [9.17, 15) is 14.7 Å². The van der Waals surface area contributed by atoms with Crippen molar-refractivity contribution in [2.75, 3.05) is 11.9 Å². The second-order valence-electron chi connectivity index (χ2n) is 6.96. The van der Waals surface area contributed by atoms with E-state index < -0.39 is 5.97 Å². The Labute approximate surface area is 172 Å². The number of hydrogen-bond acceptors (Lipinski definition) is 3. The maximum Gasteiger partial charge on any atom is 0.323 e. The number of benzene rings is 3. The summed E-state index contributed by atoms with van der Waals surface area (Å²) in [6, 6.07) is 20.3. The molecule has 0 aliphatic carbocycles. The van der Waals surface area contributed by atoms with Crippen molar-refractivity contribution >= 4 is 45.1 Å². The SMILES string of the molecule is CN(Cc1ccccc1)c1c(Cl)ccc2c(=O)c3ccccc3n(CC(=O)O)c12. The lowest BCUT2D eigenvalue weighted by Crippen LogP contribution is -2.22. The standard InChI is InChI=1S/C23H19ClN2O3/c1-25(13-15-7-3-2-4-8-15)22-18(24)12-11-17-21(22)26(14-20(27)28)19-10-6-5-9-16(19)23(17)29/h2-12H,13-14H2,1H3,(H,27,28). The molecule has 0 spiro atoms. The van der Waals surface area contributed by atoms with Gasteiger partial charge in [0.1, 0.15) is 6.54 Å². The van der Waals surface area contributed by atoms with Gasteiger partial charge in [0, 0.05) is 24.4 Å². The first-order valence-electron chi connectivity index (χ1n) is 9.18. The van der Waals surface area contributed by atoms with Crippen LogP contribution >= 0.6 is 11.6 Å². The molecule has 1 heterocycles. The Balaban J connectivity index is 2.05. The van der Waals surface area contributed by atoms with Crippen LogP contribution in [0, 0.1) is 0 Å². The van der Waals surface area contributed by atoms with Gasteiger partial charge in [-0.1, -0.05) is 54.1 Å². The summed E-state index contributed by atoms with van der Waals surface area (Å²) in [7, 11) is 1.89. The molecule has 0 bridgehead atoms. The van der Waals surface area contributed by atoms with Crippen molar-refractivity contribution < 1.29 is 9.90 Å². The third kappa shape index (κ3) is 3.45. The van der Waals surface area contributed by atoms with Gasteiger partial charge in [-0.2, -0.15) is 0 Å². The topological polar surface area (TPSA) is 62.5 Å². The summed E-state index contributed by atoms with van der Waals surface area (Å²) < 4.78 is 1.66. The highest BCUT2D eigenvalue weighted by Gasteiger charge is 2.20. The maximum atomic E-state index is 13.1. The predicted octanol–water partition coefficient (Wildman–Crippen LogP) is 4.53. The summed E-state index contributed by atoms with van der Waals surface area (Å²) >= 11 is 6.57. The summed E-state index contributed by atoms with van der Waals surface area (Å²) in [6.45, 7) is 0.289. The number of carboxylic acid groups (broad SMARTS) is 1. The van der Waals surface area contributed by atoms with Crippen LogP contribution in [0.5, 0.6) is 0 Å². The first kappa shape index (κ1) is 19.0. The predicted molar refractivity (Wildman–Crippen MR) is 117 cm³/mol. The van der Waals surface area contributed by atoms with Crippen LogP contribution in [0.2, 0.25) is 5.02 Å². The minimum absolute atomic E-state index is 0.136. The molecular formula is C23H19ClN2O3. The van der Waals surface area contributed by atoms with E-state index in [4.69, 9.17) is 11.6 Å². The molecule has 0 fully saturated rings. The number of carbonyl (C=O) groups is 1. The van der Waals surface area contributed by atoms with Crippen LogP contribution < -0.4 is 10.3 Å². The van der Waals surface area contributed by atoms with Crippen molar-refractivity contribution in [1.29, 1.82) is 0 Å². The molecule has 146 valence electrons. The fraction of sp³-hybridized carbons (Fsp3) is 0.130. The molecule has 0 saturated heterocycles. The largest absolute Gasteiger partial charge is 0.480 e. The van der Waals surface area contributed by atoms with Gasteiger partial charge in [-0.25, -0.2) is 0 Å². The maximum absolute atomic E-state index is 13.1. The number of halogens is 1. The minimum Gasteiger partial charge on any atom is -0.480 e. The monoisotopic (exact) mass is 406 g/mol. The first-order valence-corrected chi connectivity index (χ1v) is 9.56. The summed E-state index contributed by atoms with van der Waals surface area (Å²) in [6.07, 6.45) is 0. The molecule has 1 N–H and O–H groups in total. The molecule has 5 nitrogen and oxygen atoms in total. The number of nitrogens with zero attached hydrogens (tertiary/aromatic N) is 2. The van der Waals surface area contributed by atoms with Crippen LogP contribution in [0.3, 0.4) is 0 Å². The number of aliphatic carboxylic acids is 1. The zero-order valence-corrected chi connectivity index (χ0v) is 16.6. The molecule has 0 amide bonds. The summed E-state index contributed by atoms with van der Waals surface area (Å²) in [5.74, 6) is -0.989. The number of fused-ring (bicyclic) bond motifs is 2. The highest BCUT2D eigenvalue weighted by Crippen LogP contribution is 2.35. The van der Waals surface area contributed by atoms with Crippen LogP contribution in [-0.2, 0) is 17.9 Å². The Kier molecular flexibility index (Phi) is 4.99. The van der Waals surface area contributed by atoms with Crippen LogP contribution in [0.1, 0.15) is 5.56 Å². The van der Waals surface area contributed by atoms with Gasteiger partial charge in [0.25, 0.3) is 0 Å². The summed E-state index contributed by atoms with van der Waals surface area (Å²) in [5.41, 5.74) is 2.68. The normalized spacial score (nSPS) is 11.1. The van der Waals surface area contributed by atoms with Crippen molar-refractivity contribution in [2.45, 2.75) is 13.1 Å². The van der Waals surface area contributed by atoms with Crippen LogP contribution in [0.15, 0.2) is 71.5 Å². The van der Waals surface area contributed by atoms with Gasteiger partial charge in [0.05, 0.1) is 21.7 Å². The average molecular weight is 407 g/mol. The van der Waals surface area contributed by atoms with Gasteiger partial charge >= 0.3 is 5.97 Å². The van der Waals surface area contributed by atoms with Crippen LogP contribution in [0.25, 0.3) is 21.8 Å². The molecule has 0 aliphatic rings. The van der Waals surface area contributed by atoms with Crippen molar-refractivity contribution in [1.82, 2.24) is 4.57 Å². The van der Waals surface area contributed by atoms with Crippen LogP contribution in [-0.4, -0.2) is 22.7 Å². The van der Waals surface area contributed by atoms with Crippen molar-refractivity contribution in [2.24, 2.45) is 0 Å². The summed E-state index contributed by atoms with van der Waals surface area (Å²) in [5, 5.41) is 10.9. The molecular weight excluding hydrogens is 388 g/mol. The van der Waals surface area contributed by atoms with Gasteiger partial charge < -0.3 is 14.6 Å². The number of hydrogen-bond donors (Lipinski definition) is 1. The number of anilines is 1. The van der Waals surface area contributed by atoms with E-state index in [-0.39, 0.29) is 12.0 Å². The Morgan fingerprint density at radius 1 is 1.00 bits per heavy atom. The zero-order chi connectivity index (χ0) is 20.5. The highest BCUT2D eigenvalue weighted by molar-refractivity contribution is 6.35. The van der Waals surface area contributed by atoms with E-state index in [2.05, 4.69) is 0 Å². The Morgan fingerprint density at radius 2 is 1.69 bits per heavy atom. The number of para-hydroxylation sites is 1. The lowest BCUT2D eigenvalue weighted by molar-refractivity contribution is -0.137. The van der Waals surface area contributed by atoms with Gasteiger partial charge in [-0.3, -0.25) is 9.59 Å². The van der Waals surface area contributed by atoms with E-state index >= 15 is 0 Å². The Bertz CT molecular complexity index is 1280. The first-order chi connectivity index (χ1) is 14.0. The fourth-order valence-electron chi connectivity index (χ4n) is 3.78. The molecule has 4 rings (SSSR count). The molecule has 4 aromatic rings. The average Bonchev–Trinajstić information content (AvgIpc) is 2.71. The lowest BCUT2D eigenvalue weighted by Gasteiger charge is -2.25. The second kappa shape index (κ2) is 7.60. The number of rotatable bonds is 5. The summed E-state index contributed by atoms with van der Waals surface area (Å²) in [4.78, 5) is 26.8. The molecule has 0 unspecified atom stereocenters. The smallest absolute Gasteiger partial charge is 0.323 e. The lowest BCUT2D eigenvalue weighted by atomic mass is 10.1. The third-order valence-corrected chi connectivity index (χ3v) is 5.30. The van der Waals surface area contributed by atoms with Crippen molar-refractivity contribution in [3.05, 3.63) is 87.5 Å². The minimum atomic E-state index is -0.989. The Morgan fingerprint density at radius 3 is 2.41 bits per heavy atom. The van der Waals surface area contributed by atoms with Gasteiger partial charge in [-0.05, 0) is 29.8 Å². The van der Waals surface area contributed by atoms with Gasteiger partial charge in [0.15, 0.2) is 5.43 Å². The van der Waals surface area contributed by atoms with E-state index in [1.807, 2.05) is 42.3 Å². The van der Waals surface area contributed by atoms with E-state index in [0.717, 1.165) is 5.56 Å². The van der Waals surface area contributed by atoms with Gasteiger partial charge in [0.2, 0.25) is 0 Å². The fourth-order valence-corrected chi connectivity index (χ4v) is 4.07. The quantitative estimate of drug-likeness (QED) is 0.494. The number of pyridine rings is 1. The molecule has 3 aromatic carbocycles. The molecule has 1 aromatic heterocycles. The molecule has 0 atom stereocenters. The zero-order valence-electron chi connectivity index (χ0n) is 15.8. The van der Waals surface area contributed by atoms with Crippen LogP contribution in [0.4, 0.5) is 5.69 Å². The van der Waals surface area contributed by atoms with Crippen molar-refractivity contribution in [3.63, 3.8) is 0 Å². The third-order valence-electron chi connectivity index (χ3n) is 4.99. The van der Waals surface area contributed by atoms with E-state index in [0.29, 0.717) is 39.1 Å². The van der Waals surface area contributed by atoms with Crippen molar-refractivity contribution in [3.8, 4) is 0 Å². The van der Waals surface area contributed by atoms with E-state index in [1.165, 1.54) is 0 Å².